The van der Waals surface area contributed by atoms with E-state index in [2.05, 4.69) is 4.72 Å². The minimum absolute atomic E-state index is 0.0198. The molecule has 0 aliphatic carbocycles. The summed E-state index contributed by atoms with van der Waals surface area (Å²) in [6.07, 6.45) is 0.571. The quantitative estimate of drug-likeness (QED) is 0.801. The summed E-state index contributed by atoms with van der Waals surface area (Å²) in [5.41, 5.74) is 4.93. The molecular weight excluding hydrogens is 259 g/mol. The zero-order chi connectivity index (χ0) is 13.4. The lowest BCUT2D eigenvalue weighted by molar-refractivity contribution is 0.178. The lowest BCUT2D eigenvalue weighted by Crippen LogP contribution is -2.46. The van der Waals surface area contributed by atoms with Crippen molar-refractivity contribution in [3.8, 4) is 0 Å². The zero-order valence-corrected chi connectivity index (χ0v) is 10.8. The molecule has 0 amide bonds. The lowest BCUT2D eigenvalue weighted by Gasteiger charge is -2.23. The molecule has 0 radical (unpaired) electrons. The first kappa shape index (κ1) is 13.3. The van der Waals surface area contributed by atoms with Gasteiger partial charge in [-0.15, -0.1) is 0 Å². The number of nitrogen functional groups attached to an aromatic ring is 1. The van der Waals surface area contributed by atoms with Gasteiger partial charge in [0.05, 0.1) is 17.8 Å². The molecule has 0 saturated carbocycles. The molecule has 1 saturated heterocycles. The molecule has 7 heteroatoms. The molecule has 1 aromatic carbocycles. The lowest BCUT2D eigenvalue weighted by atomic mass is 10.0. The number of hydrogen-bond donors (Lipinski definition) is 2. The first-order valence-electron chi connectivity index (χ1n) is 5.49. The SMILES string of the molecule is CC1(NS(=O)(=O)c2cc(F)ccc2N)CCOC1. The van der Waals surface area contributed by atoms with Crippen molar-refractivity contribution in [2.75, 3.05) is 18.9 Å². The van der Waals surface area contributed by atoms with Crippen LogP contribution in [-0.2, 0) is 14.8 Å². The topological polar surface area (TPSA) is 81.4 Å². The second-order valence-electron chi connectivity index (χ2n) is 4.65. The second-order valence-corrected chi connectivity index (χ2v) is 6.30. The summed E-state index contributed by atoms with van der Waals surface area (Å²) >= 11 is 0. The van der Waals surface area contributed by atoms with Crippen LogP contribution in [0.25, 0.3) is 0 Å². The van der Waals surface area contributed by atoms with Crippen molar-refractivity contribution in [3.05, 3.63) is 24.0 Å². The first-order chi connectivity index (χ1) is 8.32. The summed E-state index contributed by atoms with van der Waals surface area (Å²) in [4.78, 5) is -0.240. The molecule has 1 atom stereocenters. The van der Waals surface area contributed by atoms with Crippen molar-refractivity contribution in [2.24, 2.45) is 0 Å². The first-order valence-corrected chi connectivity index (χ1v) is 6.97. The van der Waals surface area contributed by atoms with Gasteiger partial charge in [0.25, 0.3) is 0 Å². The smallest absolute Gasteiger partial charge is 0.243 e. The van der Waals surface area contributed by atoms with Crippen molar-refractivity contribution in [3.63, 3.8) is 0 Å². The van der Waals surface area contributed by atoms with Crippen molar-refractivity contribution in [2.45, 2.75) is 23.8 Å². The molecule has 0 bridgehead atoms. The Hall–Kier alpha value is -1.18. The average molecular weight is 274 g/mol. The number of halogens is 1. The van der Waals surface area contributed by atoms with Crippen LogP contribution in [0.1, 0.15) is 13.3 Å². The minimum atomic E-state index is -3.85. The van der Waals surface area contributed by atoms with Crippen molar-refractivity contribution >= 4 is 15.7 Å². The summed E-state index contributed by atoms with van der Waals surface area (Å²) in [6.45, 7) is 2.53. The molecule has 1 fully saturated rings. The summed E-state index contributed by atoms with van der Waals surface area (Å²) in [5, 5.41) is 0. The predicted octanol–water partition coefficient (Wildman–Crippen LogP) is 0.865. The van der Waals surface area contributed by atoms with Crippen LogP contribution in [-0.4, -0.2) is 27.2 Å². The normalized spacial score (nSPS) is 24.3. The number of benzene rings is 1. The maximum absolute atomic E-state index is 13.1. The fourth-order valence-corrected chi connectivity index (χ4v) is 3.43. The van der Waals surface area contributed by atoms with Gasteiger partial charge in [0.1, 0.15) is 10.7 Å². The molecule has 5 nitrogen and oxygen atoms in total. The van der Waals surface area contributed by atoms with Gasteiger partial charge >= 0.3 is 0 Å². The van der Waals surface area contributed by atoms with Crippen molar-refractivity contribution in [1.82, 2.24) is 4.72 Å². The van der Waals surface area contributed by atoms with Gasteiger partial charge < -0.3 is 10.5 Å². The Balaban J connectivity index is 2.33. The van der Waals surface area contributed by atoms with E-state index in [-0.39, 0.29) is 10.6 Å². The highest BCUT2D eigenvalue weighted by atomic mass is 32.2. The molecule has 2 rings (SSSR count). The average Bonchev–Trinajstić information content (AvgIpc) is 2.67. The molecule has 1 aromatic rings. The van der Waals surface area contributed by atoms with Crippen LogP contribution >= 0.6 is 0 Å². The van der Waals surface area contributed by atoms with E-state index in [1.54, 1.807) is 6.92 Å². The van der Waals surface area contributed by atoms with Gasteiger partial charge in [0.15, 0.2) is 0 Å². The monoisotopic (exact) mass is 274 g/mol. The molecule has 3 N–H and O–H groups in total. The Bertz CT molecular complexity index is 553. The van der Waals surface area contributed by atoms with Gasteiger partial charge in [-0.3, -0.25) is 0 Å². The van der Waals surface area contributed by atoms with E-state index in [1.165, 1.54) is 6.07 Å². The summed E-state index contributed by atoms with van der Waals surface area (Å²) in [6, 6.07) is 3.27. The molecular formula is C11H15FN2O3S. The molecule has 1 heterocycles. The Kier molecular flexibility index (Phi) is 3.31. The number of rotatable bonds is 3. The fraction of sp³-hybridized carbons (Fsp3) is 0.455. The number of hydrogen-bond acceptors (Lipinski definition) is 4. The van der Waals surface area contributed by atoms with Crippen molar-refractivity contribution < 1.29 is 17.5 Å². The fourth-order valence-electron chi connectivity index (χ4n) is 1.87. The predicted molar refractivity (Wildman–Crippen MR) is 65.0 cm³/mol. The maximum Gasteiger partial charge on any atom is 0.243 e. The van der Waals surface area contributed by atoms with Crippen LogP contribution in [0, 0.1) is 5.82 Å². The highest BCUT2D eigenvalue weighted by Gasteiger charge is 2.35. The minimum Gasteiger partial charge on any atom is -0.398 e. The number of sulfonamides is 1. The third kappa shape index (κ3) is 2.63. The van der Waals surface area contributed by atoms with Gasteiger partial charge in [-0.2, -0.15) is 0 Å². The van der Waals surface area contributed by atoms with Gasteiger partial charge in [0.2, 0.25) is 10.0 Å². The molecule has 1 unspecified atom stereocenters. The van der Waals surface area contributed by atoms with E-state index in [9.17, 15) is 12.8 Å². The van der Waals surface area contributed by atoms with Crippen LogP contribution in [0.15, 0.2) is 23.1 Å². The highest BCUT2D eigenvalue weighted by molar-refractivity contribution is 7.89. The van der Waals surface area contributed by atoms with E-state index in [1.807, 2.05) is 0 Å². The van der Waals surface area contributed by atoms with Crippen LogP contribution < -0.4 is 10.5 Å². The van der Waals surface area contributed by atoms with Gasteiger partial charge in [-0.1, -0.05) is 0 Å². The van der Waals surface area contributed by atoms with Crippen LogP contribution in [0.4, 0.5) is 10.1 Å². The van der Waals surface area contributed by atoms with E-state index < -0.39 is 21.4 Å². The summed E-state index contributed by atoms with van der Waals surface area (Å²) < 4.78 is 45.1. The third-order valence-corrected chi connectivity index (χ3v) is 4.56. The standard InChI is InChI=1S/C11H15FN2O3S/c1-11(4-5-17-7-11)14-18(15,16)10-6-8(12)2-3-9(10)13/h2-3,6,14H,4-5,7,13H2,1H3. The maximum atomic E-state index is 13.1. The number of ether oxygens (including phenoxy) is 1. The summed E-state index contributed by atoms with van der Waals surface area (Å²) in [7, 11) is -3.85. The number of nitrogens with two attached hydrogens (primary N) is 1. The van der Waals surface area contributed by atoms with Crippen LogP contribution in [0.2, 0.25) is 0 Å². The van der Waals surface area contributed by atoms with Gasteiger partial charge in [0, 0.05) is 6.61 Å². The third-order valence-electron chi connectivity index (χ3n) is 2.86. The van der Waals surface area contributed by atoms with Gasteiger partial charge in [-0.25, -0.2) is 17.5 Å². The van der Waals surface area contributed by atoms with Gasteiger partial charge in [-0.05, 0) is 31.5 Å². The number of anilines is 1. The molecule has 1 aliphatic heterocycles. The zero-order valence-electron chi connectivity index (χ0n) is 9.94. The Morgan fingerprint density at radius 2 is 2.22 bits per heavy atom. The molecule has 100 valence electrons. The second kappa shape index (κ2) is 4.49. The summed E-state index contributed by atoms with van der Waals surface area (Å²) in [5.74, 6) is -0.641. The Morgan fingerprint density at radius 3 is 2.83 bits per heavy atom. The molecule has 0 aromatic heterocycles. The Labute approximate surface area is 105 Å². The van der Waals surface area contributed by atoms with Crippen LogP contribution in [0.3, 0.4) is 0 Å². The molecule has 18 heavy (non-hydrogen) atoms. The number of nitrogens with one attached hydrogen (secondary N) is 1. The van der Waals surface area contributed by atoms with E-state index >= 15 is 0 Å². The largest absolute Gasteiger partial charge is 0.398 e. The molecule has 1 aliphatic rings. The van der Waals surface area contributed by atoms with E-state index in [4.69, 9.17) is 10.5 Å². The molecule has 0 spiro atoms. The van der Waals surface area contributed by atoms with E-state index in [0.29, 0.717) is 19.6 Å². The van der Waals surface area contributed by atoms with E-state index in [0.717, 1.165) is 12.1 Å². The highest BCUT2D eigenvalue weighted by Crippen LogP contribution is 2.24. The van der Waals surface area contributed by atoms with Crippen LogP contribution in [0.5, 0.6) is 0 Å². The Morgan fingerprint density at radius 1 is 1.50 bits per heavy atom. The van der Waals surface area contributed by atoms with Crippen molar-refractivity contribution in [1.29, 1.82) is 0 Å².